The number of nitrogens with zero attached hydrogens (tertiary/aromatic N) is 1. The van der Waals surface area contributed by atoms with Gasteiger partial charge < -0.3 is 9.32 Å². The first kappa shape index (κ1) is 36.5. The molecular formula is C52H51NO. The van der Waals surface area contributed by atoms with Gasteiger partial charge in [-0.3, -0.25) is 0 Å². The summed E-state index contributed by atoms with van der Waals surface area (Å²) in [7, 11) is 0. The highest BCUT2D eigenvalue weighted by Gasteiger charge is 2.38. The Balaban J connectivity index is 1.36. The number of aryl methyl sites for hydroxylation is 1. The Morgan fingerprint density at radius 1 is 0.796 bits per heavy atom. The van der Waals surface area contributed by atoms with Crippen molar-refractivity contribution in [1.82, 2.24) is 0 Å². The fourth-order valence-electron chi connectivity index (χ4n) is 7.87. The first-order valence-corrected chi connectivity index (χ1v) is 19.3. The molecule has 0 N–H and O–H groups in total. The molecule has 270 valence electrons. The van der Waals surface area contributed by atoms with Gasteiger partial charge in [0.2, 0.25) is 0 Å². The molecule has 0 saturated carbocycles. The van der Waals surface area contributed by atoms with Gasteiger partial charge in [0, 0.05) is 39.0 Å². The maximum absolute atomic E-state index is 6.74. The number of allylic oxidation sites excluding steroid dienone is 10. The molecule has 0 radical (unpaired) electrons. The number of benzene rings is 5. The number of rotatable bonds is 11. The number of para-hydroxylation sites is 1. The molecule has 54 heavy (non-hydrogen) atoms. The van der Waals surface area contributed by atoms with Crippen molar-refractivity contribution in [3.8, 4) is 0 Å². The fourth-order valence-corrected chi connectivity index (χ4v) is 7.87. The van der Waals surface area contributed by atoms with Crippen molar-refractivity contribution in [2.75, 3.05) is 4.90 Å². The summed E-state index contributed by atoms with van der Waals surface area (Å²) < 4.78 is 6.74. The lowest BCUT2D eigenvalue weighted by Gasteiger charge is -2.28. The van der Waals surface area contributed by atoms with Crippen molar-refractivity contribution in [3.05, 3.63) is 197 Å². The van der Waals surface area contributed by atoms with Crippen molar-refractivity contribution < 1.29 is 4.42 Å². The van der Waals surface area contributed by atoms with Crippen LogP contribution in [0.25, 0.3) is 32.9 Å². The minimum atomic E-state index is -0.135. The van der Waals surface area contributed by atoms with E-state index in [-0.39, 0.29) is 5.41 Å². The predicted octanol–water partition coefficient (Wildman–Crippen LogP) is 15.2. The molecule has 0 bridgehead atoms. The van der Waals surface area contributed by atoms with Gasteiger partial charge in [0.25, 0.3) is 0 Å². The van der Waals surface area contributed by atoms with Crippen LogP contribution in [0.15, 0.2) is 173 Å². The summed E-state index contributed by atoms with van der Waals surface area (Å²) in [6, 6.07) is 39.8. The maximum atomic E-state index is 6.74. The zero-order valence-corrected chi connectivity index (χ0v) is 32.8. The molecule has 0 atom stereocenters. The van der Waals surface area contributed by atoms with Crippen LogP contribution in [0.1, 0.15) is 82.9 Å². The van der Waals surface area contributed by atoms with Crippen molar-refractivity contribution in [1.29, 1.82) is 0 Å². The molecule has 2 heteroatoms. The number of anilines is 3. The summed E-state index contributed by atoms with van der Waals surface area (Å²) in [6.07, 6.45) is 14.6. The van der Waals surface area contributed by atoms with E-state index < -0.39 is 0 Å². The highest BCUT2D eigenvalue weighted by molar-refractivity contribution is 5.96. The van der Waals surface area contributed by atoms with Crippen LogP contribution in [0.2, 0.25) is 0 Å². The minimum Gasteiger partial charge on any atom is -0.456 e. The van der Waals surface area contributed by atoms with Crippen molar-refractivity contribution in [2.24, 2.45) is 0 Å². The number of hydrogen-bond acceptors (Lipinski definition) is 2. The lowest BCUT2D eigenvalue weighted by Crippen LogP contribution is -2.16. The summed E-state index contributed by atoms with van der Waals surface area (Å²) >= 11 is 0. The third-order valence-electron chi connectivity index (χ3n) is 11.1. The van der Waals surface area contributed by atoms with Gasteiger partial charge >= 0.3 is 0 Å². The summed E-state index contributed by atoms with van der Waals surface area (Å²) in [5, 5.41) is 3.64. The average Bonchev–Trinajstić information content (AvgIpc) is 3.65. The van der Waals surface area contributed by atoms with E-state index in [4.69, 9.17) is 4.42 Å². The van der Waals surface area contributed by atoms with E-state index in [1.165, 1.54) is 55.1 Å². The highest BCUT2D eigenvalue weighted by atomic mass is 16.3. The van der Waals surface area contributed by atoms with E-state index >= 15 is 0 Å². The Kier molecular flexibility index (Phi) is 10.3. The molecule has 6 aromatic rings. The zero-order valence-electron chi connectivity index (χ0n) is 32.8. The average molecular weight is 706 g/mol. The SMILES string of the molecule is C=C(/C=C\C=C/C)/C(C)=C/C(=C\CC)c1ccc(N(c2ccc3c(c2)C(c2oc4ccccc4c2CC)=C(C)C3(C)C)c2ccc3ccccc3c2)cc1. The Labute approximate surface area is 321 Å². The molecule has 2 nitrogen and oxygen atoms in total. The van der Waals surface area contributed by atoms with Crippen LogP contribution in [-0.4, -0.2) is 0 Å². The normalized spacial score (nSPS) is 14.6. The number of fused-ring (bicyclic) bond motifs is 3. The van der Waals surface area contributed by atoms with Gasteiger partial charge in [-0.2, -0.15) is 0 Å². The summed E-state index contributed by atoms with van der Waals surface area (Å²) in [6.45, 7) is 19.9. The molecule has 1 aromatic heterocycles. The molecule has 0 amide bonds. The summed E-state index contributed by atoms with van der Waals surface area (Å²) in [4.78, 5) is 2.40. The van der Waals surface area contributed by atoms with Gasteiger partial charge in [0.1, 0.15) is 11.3 Å². The first-order chi connectivity index (χ1) is 26.2. The van der Waals surface area contributed by atoms with Gasteiger partial charge in [0.05, 0.1) is 0 Å². The van der Waals surface area contributed by atoms with Crippen LogP contribution in [0.4, 0.5) is 17.1 Å². The zero-order chi connectivity index (χ0) is 38.0. The van der Waals surface area contributed by atoms with E-state index in [1.54, 1.807) is 0 Å². The van der Waals surface area contributed by atoms with Crippen molar-refractivity contribution in [3.63, 3.8) is 0 Å². The second-order valence-electron chi connectivity index (χ2n) is 14.8. The Hall–Kier alpha value is -5.86. The van der Waals surface area contributed by atoms with Crippen LogP contribution < -0.4 is 4.90 Å². The smallest absolute Gasteiger partial charge is 0.139 e. The second kappa shape index (κ2) is 15.2. The van der Waals surface area contributed by atoms with Crippen molar-refractivity contribution in [2.45, 2.75) is 66.7 Å². The van der Waals surface area contributed by atoms with Crippen LogP contribution in [0.3, 0.4) is 0 Å². The molecule has 0 aliphatic heterocycles. The Morgan fingerprint density at radius 2 is 1.48 bits per heavy atom. The molecule has 0 spiro atoms. The Morgan fingerprint density at radius 3 is 2.22 bits per heavy atom. The Bertz CT molecular complexity index is 2530. The monoisotopic (exact) mass is 705 g/mol. The van der Waals surface area contributed by atoms with E-state index in [1.807, 2.05) is 25.2 Å². The molecule has 0 saturated heterocycles. The fraction of sp³-hybridized carbons (Fsp3) is 0.192. The van der Waals surface area contributed by atoms with Crippen LogP contribution in [-0.2, 0) is 11.8 Å². The quantitative estimate of drug-likeness (QED) is 0.125. The predicted molar refractivity (Wildman–Crippen MR) is 234 cm³/mol. The maximum Gasteiger partial charge on any atom is 0.139 e. The van der Waals surface area contributed by atoms with E-state index in [0.29, 0.717) is 0 Å². The molecule has 0 unspecified atom stereocenters. The van der Waals surface area contributed by atoms with Gasteiger partial charge in [-0.05, 0) is 120 Å². The third-order valence-corrected chi connectivity index (χ3v) is 11.1. The topological polar surface area (TPSA) is 16.4 Å². The summed E-state index contributed by atoms with van der Waals surface area (Å²) in [5.41, 5.74) is 15.1. The molecule has 0 fully saturated rings. The number of hydrogen-bond donors (Lipinski definition) is 0. The molecule has 1 aliphatic carbocycles. The van der Waals surface area contributed by atoms with Crippen LogP contribution >= 0.6 is 0 Å². The second-order valence-corrected chi connectivity index (χ2v) is 14.8. The molecular weight excluding hydrogens is 655 g/mol. The summed E-state index contributed by atoms with van der Waals surface area (Å²) in [5.74, 6) is 1.00. The third kappa shape index (κ3) is 6.74. The largest absolute Gasteiger partial charge is 0.456 e. The lowest BCUT2D eigenvalue weighted by atomic mass is 9.82. The lowest BCUT2D eigenvalue weighted by molar-refractivity contribution is 0.592. The van der Waals surface area contributed by atoms with Crippen molar-refractivity contribution >= 4 is 50.0 Å². The molecule has 7 rings (SSSR count). The van der Waals surface area contributed by atoms with Gasteiger partial charge in [-0.1, -0.05) is 143 Å². The highest BCUT2D eigenvalue weighted by Crippen LogP contribution is 2.52. The molecule has 1 heterocycles. The van der Waals surface area contributed by atoms with Gasteiger partial charge in [-0.25, -0.2) is 0 Å². The van der Waals surface area contributed by atoms with Crippen LogP contribution in [0.5, 0.6) is 0 Å². The standard InChI is InChI=1S/C52H51NO/c1-9-12-13-19-35(4)36(5)32-40(18-10-2)39-24-27-42(28-25-39)53(43-29-26-38-20-14-15-21-41(38)33-43)44-30-31-48-47(34-44)50(37(6)52(48,7)8)51-45(11-3)46-22-16-17-23-49(46)54-51/h9,12-34H,4,10-11H2,1-3,5-8H3/b12-9-,19-13-,36-32+,40-18+. The first-order valence-electron chi connectivity index (χ1n) is 19.3. The molecule has 1 aliphatic rings. The van der Waals surface area contributed by atoms with E-state index in [0.717, 1.165) is 52.4 Å². The molecule has 5 aromatic carbocycles. The van der Waals surface area contributed by atoms with E-state index in [2.05, 4.69) is 180 Å². The van der Waals surface area contributed by atoms with Crippen LogP contribution in [0, 0.1) is 0 Å². The van der Waals surface area contributed by atoms with Gasteiger partial charge in [0.15, 0.2) is 0 Å². The van der Waals surface area contributed by atoms with E-state index in [9.17, 15) is 0 Å². The van der Waals surface area contributed by atoms with Gasteiger partial charge in [-0.15, -0.1) is 0 Å². The minimum absolute atomic E-state index is 0.135. The number of furan rings is 1.